The summed E-state index contributed by atoms with van der Waals surface area (Å²) in [7, 11) is 0. The number of hydrogen-bond acceptors (Lipinski definition) is 5. The molecule has 1 fully saturated rings. The van der Waals surface area contributed by atoms with Crippen LogP contribution < -0.4 is 0 Å². The van der Waals surface area contributed by atoms with Crippen molar-refractivity contribution >= 4 is 0 Å². The van der Waals surface area contributed by atoms with Gasteiger partial charge in [-0.1, -0.05) is 0 Å². The van der Waals surface area contributed by atoms with Gasteiger partial charge >= 0.3 is 0 Å². The zero-order valence-electron chi connectivity index (χ0n) is 11.4. The van der Waals surface area contributed by atoms with Crippen molar-refractivity contribution in [3.63, 3.8) is 0 Å². The summed E-state index contributed by atoms with van der Waals surface area (Å²) in [6.07, 6.45) is 3.42. The first-order chi connectivity index (χ1) is 9.54. The number of rotatable bonds is 1. The van der Waals surface area contributed by atoms with Gasteiger partial charge in [-0.3, -0.25) is 0 Å². The van der Waals surface area contributed by atoms with Crippen LogP contribution in [0.15, 0.2) is 23.2 Å². The standard InChI is InChI=1S/C15H22O5/c16-9-3-1-8(2-4-9)15-13(19)7-11-12(18)5-10(17)6-14(11)20-15/h5,8-10,13,15-19H,1-4,6-7H2/t8?,9?,10-,13?,15?/m1/s1. The summed E-state index contributed by atoms with van der Waals surface area (Å²) in [5.41, 5.74) is 0.620. The van der Waals surface area contributed by atoms with Crippen molar-refractivity contribution < 1.29 is 25.2 Å². The van der Waals surface area contributed by atoms with Crippen LogP contribution in [0.4, 0.5) is 0 Å². The van der Waals surface area contributed by atoms with E-state index in [2.05, 4.69) is 0 Å². The zero-order valence-corrected chi connectivity index (χ0v) is 11.4. The Kier molecular flexibility index (Phi) is 3.75. The SMILES string of the molecule is OC1=C[C@@H](O)CC2=C1CC(O)C(C1CCC(O)CC1)O2. The molecule has 0 amide bonds. The molecule has 4 N–H and O–H groups in total. The Bertz CT molecular complexity index is 434. The lowest BCUT2D eigenvalue weighted by Crippen LogP contribution is -2.42. The molecule has 1 saturated carbocycles. The number of aliphatic hydroxyl groups excluding tert-OH is 4. The number of hydrogen-bond donors (Lipinski definition) is 4. The maximum Gasteiger partial charge on any atom is 0.127 e. The third-order valence-corrected chi connectivity index (χ3v) is 4.67. The van der Waals surface area contributed by atoms with E-state index in [0.29, 0.717) is 24.2 Å². The first-order valence-corrected chi connectivity index (χ1v) is 7.38. The normalized spacial score (nSPS) is 41.8. The van der Waals surface area contributed by atoms with Crippen molar-refractivity contribution in [1.29, 1.82) is 0 Å². The van der Waals surface area contributed by atoms with Crippen molar-refractivity contribution in [2.45, 2.75) is 62.9 Å². The van der Waals surface area contributed by atoms with Crippen molar-refractivity contribution in [2.75, 3.05) is 0 Å². The first kappa shape index (κ1) is 13.9. The zero-order chi connectivity index (χ0) is 14.3. The fourth-order valence-electron chi connectivity index (χ4n) is 3.54. The highest BCUT2D eigenvalue weighted by Gasteiger charge is 2.39. The molecule has 0 aromatic carbocycles. The maximum atomic E-state index is 10.3. The molecular formula is C15H22O5. The van der Waals surface area contributed by atoms with Gasteiger partial charge in [-0.15, -0.1) is 0 Å². The van der Waals surface area contributed by atoms with Gasteiger partial charge in [-0.2, -0.15) is 0 Å². The van der Waals surface area contributed by atoms with Gasteiger partial charge in [0.2, 0.25) is 0 Å². The lowest BCUT2D eigenvalue weighted by molar-refractivity contribution is -0.0745. The van der Waals surface area contributed by atoms with Crippen LogP contribution >= 0.6 is 0 Å². The highest BCUT2D eigenvalue weighted by molar-refractivity contribution is 5.35. The molecule has 0 saturated heterocycles. The summed E-state index contributed by atoms with van der Waals surface area (Å²) >= 11 is 0. The highest BCUT2D eigenvalue weighted by atomic mass is 16.5. The van der Waals surface area contributed by atoms with Crippen molar-refractivity contribution in [2.24, 2.45) is 5.92 Å². The fraction of sp³-hybridized carbons (Fsp3) is 0.733. The van der Waals surface area contributed by atoms with Gasteiger partial charge in [0, 0.05) is 18.4 Å². The molecule has 0 radical (unpaired) electrons. The number of allylic oxidation sites excluding steroid dienone is 1. The molecule has 2 unspecified atom stereocenters. The lowest BCUT2D eigenvalue weighted by Gasteiger charge is -2.40. The summed E-state index contributed by atoms with van der Waals surface area (Å²) < 4.78 is 5.91. The Labute approximate surface area is 118 Å². The second-order valence-electron chi connectivity index (χ2n) is 6.15. The molecule has 5 heteroatoms. The quantitative estimate of drug-likeness (QED) is 0.579. The molecule has 1 heterocycles. The van der Waals surface area contributed by atoms with Crippen LogP contribution in [0.1, 0.15) is 38.5 Å². The van der Waals surface area contributed by atoms with E-state index in [-0.39, 0.29) is 23.9 Å². The Hall–Kier alpha value is -1.04. The van der Waals surface area contributed by atoms with E-state index in [0.717, 1.165) is 25.7 Å². The van der Waals surface area contributed by atoms with E-state index >= 15 is 0 Å². The minimum Gasteiger partial charge on any atom is -0.508 e. The van der Waals surface area contributed by atoms with E-state index in [1.807, 2.05) is 0 Å². The highest BCUT2D eigenvalue weighted by Crippen LogP contribution is 2.39. The molecule has 20 heavy (non-hydrogen) atoms. The minimum absolute atomic E-state index is 0.0234. The van der Waals surface area contributed by atoms with Gasteiger partial charge in [0.1, 0.15) is 17.6 Å². The Morgan fingerprint density at radius 2 is 1.70 bits per heavy atom. The van der Waals surface area contributed by atoms with Gasteiger partial charge in [0.15, 0.2) is 0 Å². The number of aliphatic hydroxyl groups is 4. The summed E-state index contributed by atoms with van der Waals surface area (Å²) in [5, 5.41) is 39.4. The molecule has 5 nitrogen and oxygen atoms in total. The number of ether oxygens (including phenoxy) is 1. The second kappa shape index (κ2) is 5.39. The predicted molar refractivity (Wildman–Crippen MR) is 71.8 cm³/mol. The van der Waals surface area contributed by atoms with Crippen LogP contribution in [0, 0.1) is 5.92 Å². The third-order valence-electron chi connectivity index (χ3n) is 4.67. The lowest BCUT2D eigenvalue weighted by atomic mass is 9.79. The van der Waals surface area contributed by atoms with Gasteiger partial charge < -0.3 is 25.2 Å². The molecule has 1 aliphatic heterocycles. The molecule has 3 rings (SSSR count). The molecule has 2 aliphatic carbocycles. The summed E-state index contributed by atoms with van der Waals surface area (Å²) in [6.45, 7) is 0. The van der Waals surface area contributed by atoms with Gasteiger partial charge in [-0.05, 0) is 37.7 Å². The Morgan fingerprint density at radius 3 is 2.40 bits per heavy atom. The first-order valence-electron chi connectivity index (χ1n) is 7.38. The van der Waals surface area contributed by atoms with Crippen molar-refractivity contribution in [3.05, 3.63) is 23.2 Å². The van der Waals surface area contributed by atoms with Gasteiger partial charge in [0.05, 0.1) is 18.3 Å². The minimum atomic E-state index is -0.724. The average molecular weight is 282 g/mol. The maximum absolute atomic E-state index is 10.3. The van der Waals surface area contributed by atoms with E-state index < -0.39 is 12.2 Å². The predicted octanol–water partition coefficient (Wildman–Crippen LogP) is 1.15. The molecule has 3 aliphatic rings. The van der Waals surface area contributed by atoms with E-state index in [1.54, 1.807) is 0 Å². The van der Waals surface area contributed by atoms with E-state index in [4.69, 9.17) is 4.74 Å². The van der Waals surface area contributed by atoms with E-state index in [1.165, 1.54) is 6.08 Å². The molecule has 3 atom stereocenters. The Balaban J connectivity index is 1.75. The second-order valence-corrected chi connectivity index (χ2v) is 6.15. The summed E-state index contributed by atoms with van der Waals surface area (Å²) in [5.74, 6) is 0.863. The molecular weight excluding hydrogens is 260 g/mol. The molecule has 0 bridgehead atoms. The monoisotopic (exact) mass is 282 g/mol. The van der Waals surface area contributed by atoms with Gasteiger partial charge in [-0.25, -0.2) is 0 Å². The Morgan fingerprint density at radius 1 is 1.00 bits per heavy atom. The van der Waals surface area contributed by atoms with Crippen LogP contribution in [-0.2, 0) is 4.74 Å². The van der Waals surface area contributed by atoms with Crippen LogP contribution in [0.25, 0.3) is 0 Å². The summed E-state index contributed by atoms with van der Waals surface area (Å²) in [6, 6.07) is 0. The van der Waals surface area contributed by atoms with Crippen LogP contribution in [-0.4, -0.2) is 44.8 Å². The fourth-order valence-corrected chi connectivity index (χ4v) is 3.54. The largest absolute Gasteiger partial charge is 0.508 e. The van der Waals surface area contributed by atoms with Crippen molar-refractivity contribution in [3.8, 4) is 0 Å². The molecule has 0 spiro atoms. The molecule has 0 aromatic heterocycles. The average Bonchev–Trinajstić information content (AvgIpc) is 2.40. The van der Waals surface area contributed by atoms with Crippen LogP contribution in [0.2, 0.25) is 0 Å². The smallest absolute Gasteiger partial charge is 0.127 e. The molecule has 112 valence electrons. The van der Waals surface area contributed by atoms with Crippen LogP contribution in [0.3, 0.4) is 0 Å². The van der Waals surface area contributed by atoms with Crippen molar-refractivity contribution in [1.82, 2.24) is 0 Å². The topological polar surface area (TPSA) is 90.2 Å². The van der Waals surface area contributed by atoms with Gasteiger partial charge in [0.25, 0.3) is 0 Å². The van der Waals surface area contributed by atoms with E-state index in [9.17, 15) is 20.4 Å². The van der Waals surface area contributed by atoms with Crippen LogP contribution in [0.5, 0.6) is 0 Å². The molecule has 0 aromatic rings. The summed E-state index contributed by atoms with van der Waals surface area (Å²) in [4.78, 5) is 0. The third kappa shape index (κ3) is 2.57.